The molecule has 0 rings (SSSR count). The summed E-state index contributed by atoms with van der Waals surface area (Å²) in [7, 11) is 0. The lowest BCUT2D eigenvalue weighted by Crippen LogP contribution is -1.96. The Balaban J connectivity index is 3.74. The van der Waals surface area contributed by atoms with E-state index in [9.17, 15) is 0 Å². The maximum absolute atomic E-state index is 5.82. The van der Waals surface area contributed by atoms with E-state index in [2.05, 4.69) is 32.6 Å². The number of unbranched alkanes of at least 4 members (excludes halogenated alkanes) is 2. The van der Waals surface area contributed by atoms with Gasteiger partial charge in [-0.3, -0.25) is 0 Å². The zero-order valence-corrected chi connectivity index (χ0v) is 11.2. The molecular weight excluding hydrogens is 194 g/mol. The van der Waals surface area contributed by atoms with E-state index in [1.54, 1.807) is 0 Å². The Labute approximate surface area is 101 Å². The van der Waals surface area contributed by atoms with Crippen molar-refractivity contribution >= 4 is 0 Å². The zero-order valence-electron chi connectivity index (χ0n) is 11.2. The summed E-state index contributed by atoms with van der Waals surface area (Å²) in [6, 6.07) is 0. The van der Waals surface area contributed by atoms with Gasteiger partial charge in [-0.05, 0) is 25.2 Å². The molecule has 1 heteroatoms. The second kappa shape index (κ2) is 10.6. The Bertz CT molecular complexity index is 242. The van der Waals surface area contributed by atoms with Crippen molar-refractivity contribution in [3.05, 3.63) is 11.8 Å². The molecule has 0 aromatic carbocycles. The van der Waals surface area contributed by atoms with E-state index in [1.807, 2.05) is 6.08 Å². The maximum Gasteiger partial charge on any atom is 0.0165 e. The molecule has 0 bridgehead atoms. The number of rotatable bonds is 7. The van der Waals surface area contributed by atoms with Crippen LogP contribution in [-0.4, -0.2) is 0 Å². The van der Waals surface area contributed by atoms with Crippen LogP contribution in [0.15, 0.2) is 11.8 Å². The standard InChI is InChI=1S/C15H27N/c1-4-6-10-14(3)11-8-9-13-15(16)12-7-5-2/h13-14H,4-7,10-12,16H2,1-3H3/b15-13-. The van der Waals surface area contributed by atoms with Gasteiger partial charge < -0.3 is 5.73 Å². The lowest BCUT2D eigenvalue weighted by Gasteiger charge is -2.04. The van der Waals surface area contributed by atoms with Crippen LogP contribution in [0, 0.1) is 17.8 Å². The molecule has 0 aliphatic heterocycles. The molecule has 0 aromatic rings. The van der Waals surface area contributed by atoms with Gasteiger partial charge in [0.05, 0.1) is 0 Å². The van der Waals surface area contributed by atoms with Crippen molar-refractivity contribution in [3.8, 4) is 11.8 Å². The topological polar surface area (TPSA) is 26.0 Å². The number of nitrogens with two attached hydrogens (primary N) is 1. The Hall–Kier alpha value is -0.900. The maximum atomic E-state index is 5.82. The van der Waals surface area contributed by atoms with Gasteiger partial charge in [0.2, 0.25) is 0 Å². The van der Waals surface area contributed by atoms with Gasteiger partial charge in [0.1, 0.15) is 0 Å². The lowest BCUT2D eigenvalue weighted by molar-refractivity contribution is 0.518. The van der Waals surface area contributed by atoms with Crippen LogP contribution >= 0.6 is 0 Å². The highest BCUT2D eigenvalue weighted by Crippen LogP contribution is 2.10. The molecule has 0 aliphatic carbocycles. The highest BCUT2D eigenvalue weighted by atomic mass is 14.6. The van der Waals surface area contributed by atoms with E-state index in [1.165, 1.54) is 25.7 Å². The van der Waals surface area contributed by atoms with E-state index >= 15 is 0 Å². The summed E-state index contributed by atoms with van der Waals surface area (Å²) >= 11 is 0. The van der Waals surface area contributed by atoms with Crippen LogP contribution in [0.3, 0.4) is 0 Å². The van der Waals surface area contributed by atoms with Crippen LogP contribution in [0.5, 0.6) is 0 Å². The molecule has 0 fully saturated rings. The zero-order chi connectivity index (χ0) is 12.2. The molecule has 0 radical (unpaired) electrons. The smallest absolute Gasteiger partial charge is 0.0165 e. The summed E-state index contributed by atoms with van der Waals surface area (Å²) in [5.74, 6) is 6.98. The number of hydrogen-bond donors (Lipinski definition) is 1. The SMILES string of the molecule is CCCC/C(N)=C/C#CCC(C)CCCC. The first-order valence-electron chi connectivity index (χ1n) is 6.63. The molecular formula is C15H27N. The first-order valence-corrected chi connectivity index (χ1v) is 6.63. The summed E-state index contributed by atoms with van der Waals surface area (Å²) in [5.41, 5.74) is 6.74. The molecule has 0 aromatic heterocycles. The van der Waals surface area contributed by atoms with Crippen LogP contribution in [0.25, 0.3) is 0 Å². The first kappa shape index (κ1) is 15.1. The third-order valence-electron chi connectivity index (χ3n) is 2.68. The minimum atomic E-state index is 0.720. The molecule has 0 amide bonds. The highest BCUT2D eigenvalue weighted by molar-refractivity contribution is 5.19. The summed E-state index contributed by atoms with van der Waals surface area (Å²) in [5, 5.41) is 0. The number of hydrogen-bond acceptors (Lipinski definition) is 1. The van der Waals surface area contributed by atoms with Gasteiger partial charge in [-0.1, -0.05) is 51.9 Å². The Morgan fingerprint density at radius 2 is 1.94 bits per heavy atom. The van der Waals surface area contributed by atoms with Crippen molar-refractivity contribution in [2.45, 2.75) is 65.7 Å². The fourth-order valence-corrected chi connectivity index (χ4v) is 1.48. The molecule has 1 atom stereocenters. The Kier molecular flexibility index (Phi) is 10.0. The summed E-state index contributed by atoms with van der Waals surface area (Å²) < 4.78 is 0. The van der Waals surface area contributed by atoms with Gasteiger partial charge in [0.15, 0.2) is 0 Å². The van der Waals surface area contributed by atoms with Crippen molar-refractivity contribution in [2.24, 2.45) is 11.7 Å². The molecule has 2 N–H and O–H groups in total. The molecule has 1 nitrogen and oxygen atoms in total. The van der Waals surface area contributed by atoms with E-state index in [0.717, 1.165) is 30.9 Å². The van der Waals surface area contributed by atoms with Crippen molar-refractivity contribution in [3.63, 3.8) is 0 Å². The lowest BCUT2D eigenvalue weighted by atomic mass is 10.0. The molecule has 92 valence electrons. The van der Waals surface area contributed by atoms with Crippen LogP contribution < -0.4 is 5.73 Å². The van der Waals surface area contributed by atoms with Gasteiger partial charge >= 0.3 is 0 Å². The van der Waals surface area contributed by atoms with Crippen molar-refractivity contribution in [2.75, 3.05) is 0 Å². The largest absolute Gasteiger partial charge is 0.402 e. The minimum Gasteiger partial charge on any atom is -0.402 e. The monoisotopic (exact) mass is 221 g/mol. The molecule has 16 heavy (non-hydrogen) atoms. The Morgan fingerprint density at radius 3 is 2.56 bits per heavy atom. The van der Waals surface area contributed by atoms with Gasteiger partial charge in [0.25, 0.3) is 0 Å². The summed E-state index contributed by atoms with van der Waals surface area (Å²) in [6.07, 6.45) is 10.1. The number of allylic oxidation sites excluding steroid dienone is 2. The van der Waals surface area contributed by atoms with Gasteiger partial charge in [-0.15, -0.1) is 0 Å². The molecule has 0 saturated carbocycles. The predicted octanol–water partition coefficient (Wildman–Crippen LogP) is 4.24. The molecule has 0 heterocycles. The second-order valence-corrected chi connectivity index (χ2v) is 4.60. The summed E-state index contributed by atoms with van der Waals surface area (Å²) in [6.45, 7) is 6.68. The van der Waals surface area contributed by atoms with E-state index < -0.39 is 0 Å². The Morgan fingerprint density at radius 1 is 1.25 bits per heavy atom. The highest BCUT2D eigenvalue weighted by Gasteiger charge is 1.97. The van der Waals surface area contributed by atoms with Crippen molar-refractivity contribution < 1.29 is 0 Å². The molecule has 0 spiro atoms. The van der Waals surface area contributed by atoms with Gasteiger partial charge in [-0.2, -0.15) is 0 Å². The van der Waals surface area contributed by atoms with Crippen LogP contribution in [-0.2, 0) is 0 Å². The third kappa shape index (κ3) is 9.65. The van der Waals surface area contributed by atoms with Gasteiger partial charge in [0, 0.05) is 18.2 Å². The predicted molar refractivity (Wildman–Crippen MR) is 72.9 cm³/mol. The average Bonchev–Trinajstić information content (AvgIpc) is 2.29. The fourth-order valence-electron chi connectivity index (χ4n) is 1.48. The van der Waals surface area contributed by atoms with E-state index in [4.69, 9.17) is 5.73 Å². The van der Waals surface area contributed by atoms with Crippen LogP contribution in [0.1, 0.15) is 65.7 Å². The third-order valence-corrected chi connectivity index (χ3v) is 2.68. The molecule has 0 aliphatic rings. The average molecular weight is 221 g/mol. The van der Waals surface area contributed by atoms with E-state index in [-0.39, 0.29) is 0 Å². The van der Waals surface area contributed by atoms with Crippen LogP contribution in [0.2, 0.25) is 0 Å². The minimum absolute atomic E-state index is 0.720. The molecule has 0 saturated heterocycles. The molecule has 1 unspecified atom stereocenters. The van der Waals surface area contributed by atoms with Gasteiger partial charge in [-0.25, -0.2) is 0 Å². The van der Waals surface area contributed by atoms with Crippen molar-refractivity contribution in [1.29, 1.82) is 0 Å². The van der Waals surface area contributed by atoms with Crippen LogP contribution in [0.4, 0.5) is 0 Å². The first-order chi connectivity index (χ1) is 7.70. The quantitative estimate of drug-likeness (QED) is 0.639. The normalized spacial score (nSPS) is 13.1. The van der Waals surface area contributed by atoms with E-state index in [0.29, 0.717) is 0 Å². The summed E-state index contributed by atoms with van der Waals surface area (Å²) in [4.78, 5) is 0. The van der Waals surface area contributed by atoms with Crippen molar-refractivity contribution in [1.82, 2.24) is 0 Å². The second-order valence-electron chi connectivity index (χ2n) is 4.60. The fraction of sp³-hybridized carbons (Fsp3) is 0.733.